The van der Waals surface area contributed by atoms with Crippen LogP contribution in [-0.4, -0.2) is 24.2 Å². The van der Waals surface area contributed by atoms with E-state index >= 15 is 0 Å². The number of carboxylic acid groups (broad SMARTS) is 1. The monoisotopic (exact) mass is 301 g/mol. The highest BCUT2D eigenvalue weighted by Gasteiger charge is 2.16. The highest BCUT2D eigenvalue weighted by molar-refractivity contribution is 9.10. The van der Waals surface area contributed by atoms with Crippen molar-refractivity contribution in [2.75, 3.05) is 12.4 Å². The number of rotatable bonds is 6. The lowest BCUT2D eigenvalue weighted by Crippen LogP contribution is -2.28. The van der Waals surface area contributed by atoms with Gasteiger partial charge in [-0.15, -0.1) is 0 Å². The second-order valence-electron chi connectivity index (χ2n) is 3.70. The summed E-state index contributed by atoms with van der Waals surface area (Å²) in [6, 6.07) is 4.85. The lowest BCUT2D eigenvalue weighted by molar-refractivity contribution is -0.138. The molecule has 0 aliphatic heterocycles. The molecule has 1 rings (SSSR count). The zero-order chi connectivity index (χ0) is 12.8. The molecule has 1 unspecified atom stereocenters. The fraction of sp³-hybridized carbons (Fsp3) is 0.417. The Kier molecular flexibility index (Phi) is 5.28. The van der Waals surface area contributed by atoms with Crippen LogP contribution in [0.25, 0.3) is 0 Å². The number of carboxylic acids is 1. The molecule has 0 aliphatic carbocycles. The third kappa shape index (κ3) is 4.26. The van der Waals surface area contributed by atoms with Crippen molar-refractivity contribution in [3.8, 4) is 5.75 Å². The Labute approximate surface area is 109 Å². The fourth-order valence-electron chi connectivity index (χ4n) is 1.51. The Morgan fingerprint density at radius 1 is 1.53 bits per heavy atom. The van der Waals surface area contributed by atoms with Gasteiger partial charge in [0, 0.05) is 16.2 Å². The molecule has 4 nitrogen and oxygen atoms in total. The first-order valence-electron chi connectivity index (χ1n) is 5.40. The van der Waals surface area contributed by atoms with E-state index in [2.05, 4.69) is 21.2 Å². The van der Waals surface area contributed by atoms with Gasteiger partial charge in [0.05, 0.1) is 7.11 Å². The molecule has 1 aromatic rings. The number of benzene rings is 1. The largest absolute Gasteiger partial charge is 0.497 e. The van der Waals surface area contributed by atoms with Crippen molar-refractivity contribution in [2.45, 2.75) is 25.8 Å². The van der Waals surface area contributed by atoms with Gasteiger partial charge in [0.25, 0.3) is 0 Å². The van der Waals surface area contributed by atoms with Crippen LogP contribution in [0.4, 0.5) is 5.69 Å². The number of nitrogens with one attached hydrogen (secondary N) is 1. The summed E-state index contributed by atoms with van der Waals surface area (Å²) in [6.45, 7) is 1.96. The molecule has 17 heavy (non-hydrogen) atoms. The van der Waals surface area contributed by atoms with E-state index in [1.807, 2.05) is 19.1 Å². The van der Waals surface area contributed by atoms with Crippen LogP contribution in [0.5, 0.6) is 5.75 Å². The number of anilines is 1. The molecule has 0 aromatic heterocycles. The summed E-state index contributed by atoms with van der Waals surface area (Å²) in [5.74, 6) is -0.159. The fourth-order valence-corrected chi connectivity index (χ4v) is 1.98. The van der Waals surface area contributed by atoms with Crippen LogP contribution in [0.3, 0.4) is 0 Å². The van der Waals surface area contributed by atoms with E-state index in [0.717, 1.165) is 16.6 Å². The predicted octanol–water partition coefficient (Wildman–Crippen LogP) is 3.12. The van der Waals surface area contributed by atoms with Crippen LogP contribution < -0.4 is 10.1 Å². The molecule has 0 aliphatic rings. The molecular weight excluding hydrogens is 286 g/mol. The summed E-state index contributed by atoms with van der Waals surface area (Å²) in [7, 11) is 1.58. The standard InChI is InChI=1S/C12H16BrNO3/c1-3-4-11(12(15)16)14-9-5-8(13)6-10(7-9)17-2/h5-7,11,14H,3-4H2,1-2H3,(H,15,16). The summed E-state index contributed by atoms with van der Waals surface area (Å²) >= 11 is 3.35. The van der Waals surface area contributed by atoms with Crippen LogP contribution in [0, 0.1) is 0 Å². The van der Waals surface area contributed by atoms with Gasteiger partial charge in [-0.25, -0.2) is 4.79 Å². The normalized spacial score (nSPS) is 11.9. The second kappa shape index (κ2) is 6.49. The van der Waals surface area contributed by atoms with Crippen molar-refractivity contribution in [3.05, 3.63) is 22.7 Å². The van der Waals surface area contributed by atoms with E-state index < -0.39 is 12.0 Å². The molecule has 0 heterocycles. The van der Waals surface area contributed by atoms with Gasteiger partial charge in [-0.1, -0.05) is 29.3 Å². The van der Waals surface area contributed by atoms with Gasteiger partial charge in [0.15, 0.2) is 0 Å². The average Bonchev–Trinajstić information content (AvgIpc) is 2.27. The van der Waals surface area contributed by atoms with E-state index in [4.69, 9.17) is 9.84 Å². The maximum atomic E-state index is 11.0. The maximum Gasteiger partial charge on any atom is 0.326 e. The molecule has 0 radical (unpaired) electrons. The van der Waals surface area contributed by atoms with Crippen molar-refractivity contribution >= 4 is 27.6 Å². The van der Waals surface area contributed by atoms with Gasteiger partial charge in [-0.3, -0.25) is 0 Å². The molecule has 0 fully saturated rings. The summed E-state index contributed by atoms with van der Waals surface area (Å²) in [5, 5.41) is 12.0. The summed E-state index contributed by atoms with van der Waals surface area (Å²) < 4.78 is 5.97. The zero-order valence-electron chi connectivity index (χ0n) is 9.87. The molecule has 0 saturated heterocycles. The van der Waals surface area contributed by atoms with Crippen LogP contribution in [-0.2, 0) is 4.79 Å². The van der Waals surface area contributed by atoms with Crippen LogP contribution in [0.15, 0.2) is 22.7 Å². The number of halogens is 1. The maximum absolute atomic E-state index is 11.0. The van der Waals surface area contributed by atoms with E-state index in [1.54, 1.807) is 13.2 Å². The molecule has 0 saturated carbocycles. The molecule has 0 bridgehead atoms. The molecule has 0 amide bonds. The molecule has 94 valence electrons. The molecule has 0 spiro atoms. The first kappa shape index (κ1) is 13.8. The number of carbonyl (C=O) groups is 1. The topological polar surface area (TPSA) is 58.6 Å². The van der Waals surface area contributed by atoms with Gasteiger partial charge >= 0.3 is 5.97 Å². The number of hydrogen-bond donors (Lipinski definition) is 2. The Balaban J connectivity index is 2.84. The van der Waals surface area contributed by atoms with Gasteiger partial charge in [-0.2, -0.15) is 0 Å². The summed E-state index contributed by atoms with van der Waals surface area (Å²) in [6.07, 6.45) is 1.40. The highest BCUT2D eigenvalue weighted by atomic mass is 79.9. The van der Waals surface area contributed by atoms with E-state index in [9.17, 15) is 4.79 Å². The van der Waals surface area contributed by atoms with Crippen molar-refractivity contribution < 1.29 is 14.6 Å². The molecule has 1 atom stereocenters. The Morgan fingerprint density at radius 2 is 2.24 bits per heavy atom. The zero-order valence-corrected chi connectivity index (χ0v) is 11.5. The first-order chi connectivity index (χ1) is 8.06. The minimum absolute atomic E-state index is 0.570. The van der Waals surface area contributed by atoms with Gasteiger partial charge in [0.2, 0.25) is 0 Å². The van der Waals surface area contributed by atoms with Crippen molar-refractivity contribution in [3.63, 3.8) is 0 Å². The Hall–Kier alpha value is -1.23. The number of aliphatic carboxylic acids is 1. The van der Waals surface area contributed by atoms with Crippen molar-refractivity contribution in [1.82, 2.24) is 0 Å². The molecule has 2 N–H and O–H groups in total. The highest BCUT2D eigenvalue weighted by Crippen LogP contribution is 2.25. The van der Waals surface area contributed by atoms with E-state index in [1.165, 1.54) is 0 Å². The van der Waals surface area contributed by atoms with Crippen molar-refractivity contribution in [1.29, 1.82) is 0 Å². The van der Waals surface area contributed by atoms with Gasteiger partial charge in [-0.05, 0) is 18.6 Å². The lowest BCUT2D eigenvalue weighted by Gasteiger charge is -2.15. The summed E-state index contributed by atoms with van der Waals surface area (Å²) in [5.41, 5.74) is 0.733. The van der Waals surface area contributed by atoms with Gasteiger partial charge in [0.1, 0.15) is 11.8 Å². The Morgan fingerprint density at radius 3 is 2.76 bits per heavy atom. The third-order valence-corrected chi connectivity index (χ3v) is 2.78. The number of ether oxygens (including phenoxy) is 1. The quantitative estimate of drug-likeness (QED) is 0.847. The minimum Gasteiger partial charge on any atom is -0.497 e. The van der Waals surface area contributed by atoms with E-state index in [0.29, 0.717) is 12.2 Å². The minimum atomic E-state index is -0.842. The predicted molar refractivity (Wildman–Crippen MR) is 70.6 cm³/mol. The molecule has 1 aromatic carbocycles. The summed E-state index contributed by atoms with van der Waals surface area (Å²) in [4.78, 5) is 11.0. The lowest BCUT2D eigenvalue weighted by atomic mass is 10.1. The number of hydrogen-bond acceptors (Lipinski definition) is 3. The average molecular weight is 302 g/mol. The van der Waals surface area contributed by atoms with Crippen LogP contribution >= 0.6 is 15.9 Å². The third-order valence-electron chi connectivity index (χ3n) is 2.32. The SMILES string of the molecule is CCCC(Nc1cc(Br)cc(OC)c1)C(=O)O. The molecule has 5 heteroatoms. The first-order valence-corrected chi connectivity index (χ1v) is 6.20. The Bertz CT molecular complexity index is 395. The van der Waals surface area contributed by atoms with Gasteiger partial charge < -0.3 is 15.2 Å². The second-order valence-corrected chi connectivity index (χ2v) is 4.62. The van der Waals surface area contributed by atoms with E-state index in [-0.39, 0.29) is 0 Å². The number of methoxy groups -OCH3 is 1. The van der Waals surface area contributed by atoms with Crippen LogP contribution in [0.1, 0.15) is 19.8 Å². The smallest absolute Gasteiger partial charge is 0.326 e. The molecular formula is C12H16BrNO3. The van der Waals surface area contributed by atoms with Crippen LogP contribution in [0.2, 0.25) is 0 Å². The van der Waals surface area contributed by atoms with Crippen molar-refractivity contribution in [2.24, 2.45) is 0 Å².